The Hall–Kier alpha value is -1.48. The first kappa shape index (κ1) is 18.9. The summed E-state index contributed by atoms with van der Waals surface area (Å²) in [5.74, 6) is -1.98. The predicted molar refractivity (Wildman–Crippen MR) is 85.0 cm³/mol. The molecule has 0 aromatic heterocycles. The highest BCUT2D eigenvalue weighted by Crippen LogP contribution is 2.29. The van der Waals surface area contributed by atoms with E-state index in [2.05, 4.69) is 0 Å². The topological polar surface area (TPSA) is 99.1 Å². The molecule has 1 aromatic rings. The van der Waals surface area contributed by atoms with Gasteiger partial charge in [0.05, 0.1) is 30.1 Å². The molecule has 0 amide bonds. The van der Waals surface area contributed by atoms with Gasteiger partial charge in [-0.05, 0) is 32.9 Å². The van der Waals surface area contributed by atoms with Crippen molar-refractivity contribution in [3.63, 3.8) is 0 Å². The van der Waals surface area contributed by atoms with Crippen molar-refractivity contribution >= 4 is 16.1 Å². The van der Waals surface area contributed by atoms with E-state index in [4.69, 9.17) is 18.8 Å². The monoisotopic (exact) mass is 358 g/mol. The molecule has 1 aromatic carbocycles. The normalized spacial score (nSPS) is 23.8. The zero-order valence-corrected chi connectivity index (χ0v) is 14.7. The highest BCUT2D eigenvalue weighted by atomic mass is 32.2. The number of hydrogen-bond donors (Lipinski definition) is 1. The molecule has 2 atom stereocenters. The van der Waals surface area contributed by atoms with Gasteiger partial charge < -0.3 is 14.6 Å². The van der Waals surface area contributed by atoms with E-state index in [-0.39, 0.29) is 24.3 Å². The maximum Gasteiger partial charge on any atom is 0.305 e. The molecular formula is C16H22O7S. The van der Waals surface area contributed by atoms with Crippen molar-refractivity contribution in [3.05, 3.63) is 29.8 Å². The van der Waals surface area contributed by atoms with Crippen LogP contribution in [0.2, 0.25) is 0 Å². The summed E-state index contributed by atoms with van der Waals surface area (Å²) in [5.41, 5.74) is 0.944. The fourth-order valence-electron chi connectivity index (χ4n) is 2.58. The van der Waals surface area contributed by atoms with E-state index in [1.54, 1.807) is 26.0 Å². The highest BCUT2D eigenvalue weighted by molar-refractivity contribution is 7.86. The van der Waals surface area contributed by atoms with E-state index in [1.807, 2.05) is 6.92 Å². The second-order valence-electron chi connectivity index (χ2n) is 6.26. The Balaban J connectivity index is 2.01. The van der Waals surface area contributed by atoms with E-state index < -0.39 is 34.1 Å². The van der Waals surface area contributed by atoms with Gasteiger partial charge in [-0.25, -0.2) is 0 Å². The molecule has 0 aliphatic carbocycles. The van der Waals surface area contributed by atoms with Crippen molar-refractivity contribution < 1.29 is 32.0 Å². The number of ether oxygens (including phenoxy) is 2. The molecule has 7 nitrogen and oxygen atoms in total. The van der Waals surface area contributed by atoms with Crippen molar-refractivity contribution in [2.45, 2.75) is 56.5 Å². The lowest BCUT2D eigenvalue weighted by Crippen LogP contribution is -2.47. The van der Waals surface area contributed by atoms with Crippen LogP contribution in [0.25, 0.3) is 0 Å². The van der Waals surface area contributed by atoms with Crippen molar-refractivity contribution in [2.24, 2.45) is 0 Å². The van der Waals surface area contributed by atoms with Crippen LogP contribution >= 0.6 is 0 Å². The molecule has 0 saturated carbocycles. The van der Waals surface area contributed by atoms with Gasteiger partial charge in [-0.1, -0.05) is 17.7 Å². The first-order valence-corrected chi connectivity index (χ1v) is 9.02. The Kier molecular flexibility index (Phi) is 5.64. The summed E-state index contributed by atoms with van der Waals surface area (Å²) in [5, 5.41) is 8.90. The molecule has 1 saturated heterocycles. The Bertz CT molecular complexity index is 679. The lowest BCUT2D eigenvalue weighted by Gasteiger charge is -2.40. The summed E-state index contributed by atoms with van der Waals surface area (Å²) in [6.45, 7) is 4.97. The largest absolute Gasteiger partial charge is 0.481 e. The van der Waals surface area contributed by atoms with Crippen LogP contribution in [0.3, 0.4) is 0 Å². The number of rotatable bonds is 6. The summed E-state index contributed by atoms with van der Waals surface area (Å²) in [4.78, 5) is 10.9. The van der Waals surface area contributed by atoms with Crippen LogP contribution in [0, 0.1) is 6.92 Å². The quantitative estimate of drug-likeness (QED) is 0.777. The number of aliphatic carboxylic acids is 1. The van der Waals surface area contributed by atoms with Gasteiger partial charge in [0.1, 0.15) is 0 Å². The van der Waals surface area contributed by atoms with Gasteiger partial charge in [0.15, 0.2) is 5.79 Å². The van der Waals surface area contributed by atoms with E-state index >= 15 is 0 Å². The molecule has 1 heterocycles. The minimum absolute atomic E-state index is 0.0708. The zero-order chi connectivity index (χ0) is 18.0. The predicted octanol–water partition coefficient (Wildman–Crippen LogP) is 2.09. The Labute approximate surface area is 141 Å². The molecule has 0 bridgehead atoms. The molecule has 1 aliphatic heterocycles. The fraction of sp³-hybridized carbons (Fsp3) is 0.562. The molecule has 8 heteroatoms. The smallest absolute Gasteiger partial charge is 0.305 e. The van der Waals surface area contributed by atoms with Gasteiger partial charge in [0.25, 0.3) is 10.1 Å². The van der Waals surface area contributed by atoms with Gasteiger partial charge in [0, 0.05) is 6.42 Å². The van der Waals surface area contributed by atoms with Crippen LogP contribution in [-0.2, 0) is 28.6 Å². The number of aryl methyl sites for hydroxylation is 1. The first-order chi connectivity index (χ1) is 11.1. The third-order valence-corrected chi connectivity index (χ3v) is 4.84. The first-order valence-electron chi connectivity index (χ1n) is 7.61. The highest BCUT2D eigenvalue weighted by Gasteiger charge is 2.37. The van der Waals surface area contributed by atoms with Crippen molar-refractivity contribution in [2.75, 3.05) is 6.61 Å². The molecular weight excluding hydrogens is 336 g/mol. The minimum Gasteiger partial charge on any atom is -0.481 e. The summed E-state index contributed by atoms with van der Waals surface area (Å²) >= 11 is 0. The maximum absolute atomic E-state index is 12.2. The van der Waals surface area contributed by atoms with Crippen molar-refractivity contribution in [3.8, 4) is 0 Å². The van der Waals surface area contributed by atoms with E-state index in [0.717, 1.165) is 5.56 Å². The van der Waals surface area contributed by atoms with Crippen molar-refractivity contribution in [1.82, 2.24) is 0 Å². The number of hydrogen-bond acceptors (Lipinski definition) is 6. The van der Waals surface area contributed by atoms with Crippen LogP contribution in [0.15, 0.2) is 29.2 Å². The second-order valence-corrected chi connectivity index (χ2v) is 7.88. The Morgan fingerprint density at radius 1 is 1.25 bits per heavy atom. The van der Waals surface area contributed by atoms with Gasteiger partial charge in [-0.15, -0.1) is 0 Å². The molecule has 2 rings (SSSR count). The standard InChI is InChI=1S/C16H22O7S/c1-11-4-6-14(7-5-11)24(19,20)21-10-13-8-12(9-15(17)18)22-16(2,3)23-13/h4-7,12-13H,8-10H2,1-3H3,(H,17,18)/t12-,13+/m1/s1. The van der Waals surface area contributed by atoms with Crippen LogP contribution in [0.5, 0.6) is 0 Å². The SMILES string of the molecule is Cc1ccc(S(=O)(=O)OC[C@@H]2C[C@H](CC(=O)O)OC(C)(C)O2)cc1. The van der Waals surface area contributed by atoms with Gasteiger partial charge >= 0.3 is 5.97 Å². The third-order valence-electron chi connectivity index (χ3n) is 3.55. The van der Waals surface area contributed by atoms with Gasteiger partial charge in [-0.2, -0.15) is 8.42 Å². The number of carbonyl (C=O) groups is 1. The molecule has 1 aliphatic rings. The van der Waals surface area contributed by atoms with E-state index in [0.29, 0.717) is 0 Å². The molecule has 1 N–H and O–H groups in total. The lowest BCUT2D eigenvalue weighted by atomic mass is 10.1. The summed E-state index contributed by atoms with van der Waals surface area (Å²) in [6.07, 6.45) is -1.05. The zero-order valence-electron chi connectivity index (χ0n) is 13.9. The van der Waals surface area contributed by atoms with Crippen LogP contribution in [-0.4, -0.2) is 44.1 Å². The van der Waals surface area contributed by atoms with E-state index in [9.17, 15) is 13.2 Å². The third kappa shape index (κ3) is 5.27. The summed E-state index contributed by atoms with van der Waals surface area (Å²) < 4.78 is 40.7. The number of benzene rings is 1. The summed E-state index contributed by atoms with van der Waals surface area (Å²) in [6, 6.07) is 6.33. The van der Waals surface area contributed by atoms with Crippen LogP contribution in [0.1, 0.15) is 32.3 Å². The maximum atomic E-state index is 12.2. The van der Waals surface area contributed by atoms with Crippen LogP contribution in [0.4, 0.5) is 0 Å². The molecule has 1 fully saturated rings. The fourth-order valence-corrected chi connectivity index (χ4v) is 3.52. The van der Waals surface area contributed by atoms with Gasteiger partial charge in [0.2, 0.25) is 0 Å². The van der Waals surface area contributed by atoms with E-state index in [1.165, 1.54) is 12.1 Å². The molecule has 134 valence electrons. The molecule has 0 spiro atoms. The molecule has 0 radical (unpaired) electrons. The number of carboxylic acids is 1. The Morgan fingerprint density at radius 3 is 2.42 bits per heavy atom. The van der Waals surface area contributed by atoms with Crippen LogP contribution < -0.4 is 0 Å². The molecule has 0 unspecified atom stereocenters. The van der Waals surface area contributed by atoms with Gasteiger partial charge in [-0.3, -0.25) is 8.98 Å². The second kappa shape index (κ2) is 7.18. The average Bonchev–Trinajstić information content (AvgIpc) is 2.43. The minimum atomic E-state index is -3.89. The molecule has 24 heavy (non-hydrogen) atoms. The van der Waals surface area contributed by atoms with Crippen molar-refractivity contribution in [1.29, 1.82) is 0 Å². The Morgan fingerprint density at radius 2 is 1.83 bits per heavy atom. The average molecular weight is 358 g/mol. The summed E-state index contributed by atoms with van der Waals surface area (Å²) in [7, 11) is -3.89. The lowest BCUT2D eigenvalue weighted by molar-refractivity contribution is -0.302. The number of carboxylic acid groups (broad SMARTS) is 1.